The minimum absolute atomic E-state index is 0.0919. The van der Waals surface area contributed by atoms with Crippen molar-refractivity contribution in [1.82, 2.24) is 4.90 Å². The molecule has 0 aromatic carbocycles. The molecule has 1 saturated heterocycles. The molecule has 1 rings (SSSR count). The van der Waals surface area contributed by atoms with Gasteiger partial charge in [0.05, 0.1) is 19.8 Å². The van der Waals surface area contributed by atoms with Crippen LogP contribution >= 0.6 is 0 Å². The molecular weight excluding hydrogens is 226 g/mol. The van der Waals surface area contributed by atoms with Gasteiger partial charge in [-0.3, -0.25) is 4.90 Å². The fraction of sp³-hybridized carbons (Fsp3) is 0.818. The summed E-state index contributed by atoms with van der Waals surface area (Å²) in [6.45, 7) is 5.31. The first-order valence-electron chi connectivity index (χ1n) is 5.50. The highest BCUT2D eigenvalue weighted by molar-refractivity contribution is 5.82. The number of aliphatic hydroxyl groups is 1. The molecule has 0 spiro atoms. The van der Waals surface area contributed by atoms with Crippen molar-refractivity contribution in [2.24, 2.45) is 0 Å². The second kappa shape index (κ2) is 4.91. The second-order valence-electron chi connectivity index (χ2n) is 5.06. The van der Waals surface area contributed by atoms with E-state index in [0.717, 1.165) is 0 Å². The molecular formula is C11H19NO5. The van der Waals surface area contributed by atoms with Gasteiger partial charge in [0, 0.05) is 6.42 Å². The minimum Gasteiger partial charge on any atom is -0.467 e. The molecule has 0 aromatic heterocycles. The Kier molecular flexibility index (Phi) is 3.98. The lowest BCUT2D eigenvalue weighted by Gasteiger charge is -2.27. The van der Waals surface area contributed by atoms with Gasteiger partial charge in [0.1, 0.15) is 11.6 Å². The molecule has 1 N–H and O–H groups in total. The van der Waals surface area contributed by atoms with Crippen LogP contribution in [-0.4, -0.2) is 53.5 Å². The van der Waals surface area contributed by atoms with Gasteiger partial charge >= 0.3 is 12.1 Å². The summed E-state index contributed by atoms with van der Waals surface area (Å²) in [7, 11) is 1.25. The third kappa shape index (κ3) is 3.59. The third-order valence-electron chi connectivity index (χ3n) is 2.38. The average Bonchev–Trinajstić information content (AvgIpc) is 2.56. The lowest BCUT2D eigenvalue weighted by molar-refractivity contribution is -0.145. The normalized spacial score (nSPS) is 24.6. The maximum Gasteiger partial charge on any atom is 0.411 e. The van der Waals surface area contributed by atoms with E-state index in [2.05, 4.69) is 4.74 Å². The Bertz CT molecular complexity index is 309. The number of methoxy groups -OCH3 is 1. The molecule has 1 aliphatic rings. The summed E-state index contributed by atoms with van der Waals surface area (Å²) in [5.74, 6) is -0.535. The molecule has 0 radical (unpaired) electrons. The molecule has 6 nitrogen and oxygen atoms in total. The maximum absolute atomic E-state index is 11.8. The van der Waals surface area contributed by atoms with E-state index in [4.69, 9.17) is 4.74 Å². The number of carbonyl (C=O) groups excluding carboxylic acids is 2. The van der Waals surface area contributed by atoms with Crippen LogP contribution in [0.5, 0.6) is 0 Å². The highest BCUT2D eigenvalue weighted by Gasteiger charge is 2.41. The zero-order valence-corrected chi connectivity index (χ0v) is 10.6. The molecule has 2 atom stereocenters. The van der Waals surface area contributed by atoms with Gasteiger partial charge in [-0.25, -0.2) is 9.59 Å². The van der Waals surface area contributed by atoms with Crippen molar-refractivity contribution in [3.05, 3.63) is 0 Å². The van der Waals surface area contributed by atoms with Crippen LogP contribution in [0.15, 0.2) is 0 Å². The summed E-state index contributed by atoms with van der Waals surface area (Å²) in [6.07, 6.45) is -1.14. The summed E-state index contributed by atoms with van der Waals surface area (Å²) >= 11 is 0. The van der Waals surface area contributed by atoms with Gasteiger partial charge in [-0.1, -0.05) is 0 Å². The Morgan fingerprint density at radius 1 is 1.35 bits per heavy atom. The van der Waals surface area contributed by atoms with E-state index in [9.17, 15) is 14.7 Å². The fourth-order valence-corrected chi connectivity index (χ4v) is 1.70. The highest BCUT2D eigenvalue weighted by atomic mass is 16.6. The molecule has 1 unspecified atom stereocenters. The number of aliphatic hydroxyl groups excluding tert-OH is 1. The van der Waals surface area contributed by atoms with Crippen LogP contribution in [0.25, 0.3) is 0 Å². The summed E-state index contributed by atoms with van der Waals surface area (Å²) in [5, 5.41) is 9.50. The Labute approximate surface area is 100 Å². The molecule has 1 amide bonds. The Balaban J connectivity index is 2.73. The van der Waals surface area contributed by atoms with Crippen LogP contribution in [0.1, 0.15) is 27.2 Å². The number of carbonyl (C=O) groups is 2. The van der Waals surface area contributed by atoms with Gasteiger partial charge in [0.2, 0.25) is 0 Å². The van der Waals surface area contributed by atoms with Gasteiger partial charge in [-0.05, 0) is 20.8 Å². The number of β-amino-alcohol motifs (C(OH)–C–C–N with tert-alkyl or cyclic N) is 1. The van der Waals surface area contributed by atoms with E-state index in [1.54, 1.807) is 20.8 Å². The van der Waals surface area contributed by atoms with Crippen LogP contribution in [0.3, 0.4) is 0 Å². The summed E-state index contributed by atoms with van der Waals surface area (Å²) in [6, 6.07) is -0.759. The lowest BCUT2D eigenvalue weighted by Crippen LogP contribution is -2.43. The second-order valence-corrected chi connectivity index (χ2v) is 5.06. The zero-order valence-electron chi connectivity index (χ0n) is 10.6. The summed E-state index contributed by atoms with van der Waals surface area (Å²) < 4.78 is 9.76. The van der Waals surface area contributed by atoms with Gasteiger partial charge < -0.3 is 14.6 Å². The number of nitrogens with zero attached hydrogens (tertiary/aromatic N) is 1. The minimum atomic E-state index is -0.759. The smallest absolute Gasteiger partial charge is 0.411 e. The van der Waals surface area contributed by atoms with Crippen LogP contribution in [0.2, 0.25) is 0 Å². The molecule has 6 heteroatoms. The van der Waals surface area contributed by atoms with E-state index < -0.39 is 29.8 Å². The molecule has 98 valence electrons. The van der Waals surface area contributed by atoms with Gasteiger partial charge in [0.25, 0.3) is 0 Å². The van der Waals surface area contributed by atoms with E-state index >= 15 is 0 Å². The van der Waals surface area contributed by atoms with Crippen LogP contribution in [0.4, 0.5) is 4.79 Å². The van der Waals surface area contributed by atoms with Crippen molar-refractivity contribution < 1.29 is 24.2 Å². The SMILES string of the molecule is COC(=O)C1C[C@H](O)CN1C(=O)OC(C)(C)C. The lowest BCUT2D eigenvalue weighted by atomic mass is 10.2. The molecule has 0 aliphatic carbocycles. The van der Waals surface area contributed by atoms with E-state index in [1.807, 2.05) is 0 Å². The van der Waals surface area contributed by atoms with Crippen LogP contribution in [0, 0.1) is 0 Å². The van der Waals surface area contributed by atoms with E-state index in [1.165, 1.54) is 12.0 Å². The van der Waals surface area contributed by atoms with Crippen molar-refractivity contribution in [3.8, 4) is 0 Å². The third-order valence-corrected chi connectivity index (χ3v) is 2.38. The fourth-order valence-electron chi connectivity index (χ4n) is 1.70. The zero-order chi connectivity index (χ0) is 13.2. The van der Waals surface area contributed by atoms with E-state index in [-0.39, 0.29) is 13.0 Å². The first kappa shape index (κ1) is 13.8. The Morgan fingerprint density at radius 3 is 2.41 bits per heavy atom. The highest BCUT2D eigenvalue weighted by Crippen LogP contribution is 2.22. The monoisotopic (exact) mass is 245 g/mol. The predicted molar refractivity (Wildman–Crippen MR) is 59.4 cm³/mol. The molecule has 0 aromatic rings. The standard InChI is InChI=1S/C11H19NO5/c1-11(2,3)17-10(15)12-6-7(13)5-8(12)9(14)16-4/h7-8,13H,5-6H2,1-4H3/t7-,8?/m0/s1. The molecule has 1 fully saturated rings. The van der Waals surface area contributed by atoms with Crippen molar-refractivity contribution in [1.29, 1.82) is 0 Å². The first-order chi connectivity index (χ1) is 7.74. The number of likely N-dealkylation sites (tertiary alicyclic amines) is 1. The number of hydrogen-bond acceptors (Lipinski definition) is 5. The topological polar surface area (TPSA) is 76.1 Å². The predicted octanol–water partition coefficient (Wildman–Crippen LogP) is 0.530. The molecule has 0 bridgehead atoms. The number of amides is 1. The molecule has 0 saturated carbocycles. The average molecular weight is 245 g/mol. The Hall–Kier alpha value is -1.30. The molecule has 1 aliphatic heterocycles. The first-order valence-corrected chi connectivity index (χ1v) is 5.50. The van der Waals surface area contributed by atoms with Crippen molar-refractivity contribution in [2.75, 3.05) is 13.7 Å². The number of esters is 1. The van der Waals surface area contributed by atoms with Crippen molar-refractivity contribution in [3.63, 3.8) is 0 Å². The molecule has 1 heterocycles. The van der Waals surface area contributed by atoms with E-state index in [0.29, 0.717) is 0 Å². The molecule has 17 heavy (non-hydrogen) atoms. The number of rotatable bonds is 1. The maximum atomic E-state index is 11.8. The van der Waals surface area contributed by atoms with Gasteiger partial charge in [0.15, 0.2) is 0 Å². The summed E-state index contributed by atoms with van der Waals surface area (Å²) in [4.78, 5) is 24.5. The Morgan fingerprint density at radius 2 is 1.94 bits per heavy atom. The largest absolute Gasteiger partial charge is 0.467 e. The van der Waals surface area contributed by atoms with Crippen molar-refractivity contribution >= 4 is 12.1 Å². The van der Waals surface area contributed by atoms with Gasteiger partial charge in [-0.15, -0.1) is 0 Å². The van der Waals surface area contributed by atoms with Gasteiger partial charge in [-0.2, -0.15) is 0 Å². The summed E-state index contributed by atoms with van der Waals surface area (Å²) in [5.41, 5.74) is -0.634. The number of ether oxygens (including phenoxy) is 2. The quantitative estimate of drug-likeness (QED) is 0.682. The van der Waals surface area contributed by atoms with Crippen LogP contribution < -0.4 is 0 Å². The number of hydrogen-bond donors (Lipinski definition) is 1. The van der Waals surface area contributed by atoms with Crippen molar-refractivity contribution in [2.45, 2.75) is 44.9 Å². The van der Waals surface area contributed by atoms with Crippen LogP contribution in [-0.2, 0) is 14.3 Å².